The molecule has 1 saturated carbocycles. The Balaban J connectivity index is 2.05. The van der Waals surface area contributed by atoms with E-state index >= 15 is 0 Å². The van der Waals surface area contributed by atoms with Crippen LogP contribution in [0.2, 0.25) is 5.02 Å². The molecule has 2 atom stereocenters. The first kappa shape index (κ1) is 15.1. The average Bonchev–Trinajstić information content (AvgIpc) is 2.40. The van der Waals surface area contributed by atoms with Gasteiger partial charge < -0.3 is 15.8 Å². The standard InChI is InChI=1S/C14H20ClN3O2/c1-4-20-11-6-10(14(11,2)3)18-13(19)8-5-12(16)17-7-9(8)15/h5,7,10-11H,4,6H2,1-3H3,(H2,16,17)(H,18,19). The lowest BCUT2D eigenvalue weighted by Crippen LogP contribution is -2.62. The topological polar surface area (TPSA) is 77.2 Å². The number of anilines is 1. The SMILES string of the molecule is CCOC1CC(NC(=O)c2cc(N)ncc2Cl)C1(C)C. The number of hydrogen-bond acceptors (Lipinski definition) is 4. The predicted molar refractivity (Wildman–Crippen MR) is 78.7 cm³/mol. The van der Waals surface area contributed by atoms with Gasteiger partial charge in [0, 0.05) is 24.3 Å². The molecular formula is C14H20ClN3O2. The summed E-state index contributed by atoms with van der Waals surface area (Å²) >= 11 is 5.98. The Hall–Kier alpha value is -1.33. The summed E-state index contributed by atoms with van der Waals surface area (Å²) in [5.74, 6) is 0.0525. The summed E-state index contributed by atoms with van der Waals surface area (Å²) in [6.07, 6.45) is 2.38. The van der Waals surface area contributed by atoms with E-state index in [-0.39, 0.29) is 29.3 Å². The molecule has 1 aliphatic rings. The second-order valence-corrected chi connectivity index (χ2v) is 6.02. The number of pyridine rings is 1. The van der Waals surface area contributed by atoms with Crippen molar-refractivity contribution in [1.29, 1.82) is 0 Å². The van der Waals surface area contributed by atoms with Gasteiger partial charge in [-0.3, -0.25) is 4.79 Å². The number of nitrogens with two attached hydrogens (primary N) is 1. The summed E-state index contributed by atoms with van der Waals surface area (Å²) < 4.78 is 5.65. The van der Waals surface area contributed by atoms with Crippen LogP contribution in [-0.2, 0) is 4.74 Å². The Morgan fingerprint density at radius 2 is 2.35 bits per heavy atom. The maximum atomic E-state index is 12.3. The minimum atomic E-state index is -0.225. The number of nitrogen functional groups attached to an aromatic ring is 1. The van der Waals surface area contributed by atoms with E-state index in [0.29, 0.717) is 17.2 Å². The van der Waals surface area contributed by atoms with Crippen molar-refractivity contribution in [2.45, 2.75) is 39.3 Å². The molecule has 6 heteroatoms. The highest BCUT2D eigenvalue weighted by Crippen LogP contribution is 2.42. The number of ether oxygens (including phenoxy) is 1. The fourth-order valence-corrected chi connectivity index (χ4v) is 2.67. The van der Waals surface area contributed by atoms with E-state index in [4.69, 9.17) is 22.1 Å². The normalized spacial score (nSPS) is 24.0. The van der Waals surface area contributed by atoms with Crippen LogP contribution in [0.5, 0.6) is 0 Å². The maximum absolute atomic E-state index is 12.3. The van der Waals surface area contributed by atoms with Crippen LogP contribution in [0.15, 0.2) is 12.3 Å². The van der Waals surface area contributed by atoms with E-state index in [0.717, 1.165) is 6.42 Å². The summed E-state index contributed by atoms with van der Waals surface area (Å²) in [6.45, 7) is 6.83. The quantitative estimate of drug-likeness (QED) is 0.893. The molecule has 0 aliphatic heterocycles. The lowest BCUT2D eigenvalue weighted by molar-refractivity contribution is -0.111. The number of carbonyl (C=O) groups excluding carboxylic acids is 1. The van der Waals surface area contributed by atoms with Crippen molar-refractivity contribution in [1.82, 2.24) is 10.3 Å². The molecule has 20 heavy (non-hydrogen) atoms. The Morgan fingerprint density at radius 3 is 2.95 bits per heavy atom. The molecular weight excluding hydrogens is 278 g/mol. The first-order chi connectivity index (χ1) is 9.36. The van der Waals surface area contributed by atoms with E-state index in [1.54, 1.807) is 0 Å². The third-order valence-corrected chi connectivity index (χ3v) is 4.27. The van der Waals surface area contributed by atoms with Crippen molar-refractivity contribution < 1.29 is 9.53 Å². The van der Waals surface area contributed by atoms with E-state index in [1.165, 1.54) is 12.3 Å². The fraction of sp³-hybridized carbons (Fsp3) is 0.571. The van der Waals surface area contributed by atoms with Gasteiger partial charge in [-0.05, 0) is 19.4 Å². The number of halogens is 1. The van der Waals surface area contributed by atoms with Crippen molar-refractivity contribution in [2.75, 3.05) is 12.3 Å². The largest absolute Gasteiger partial charge is 0.384 e. The molecule has 1 amide bonds. The van der Waals surface area contributed by atoms with Gasteiger partial charge in [0.1, 0.15) is 5.82 Å². The Morgan fingerprint density at radius 1 is 1.65 bits per heavy atom. The molecule has 1 aromatic rings. The number of rotatable bonds is 4. The van der Waals surface area contributed by atoms with Crippen LogP contribution in [-0.4, -0.2) is 29.6 Å². The van der Waals surface area contributed by atoms with E-state index in [1.807, 2.05) is 6.92 Å². The number of hydrogen-bond donors (Lipinski definition) is 2. The van der Waals surface area contributed by atoms with Gasteiger partial charge in [-0.25, -0.2) is 4.98 Å². The molecule has 0 spiro atoms. The van der Waals surface area contributed by atoms with Gasteiger partial charge >= 0.3 is 0 Å². The summed E-state index contributed by atoms with van der Waals surface area (Å²) in [5, 5.41) is 3.29. The second kappa shape index (κ2) is 5.58. The van der Waals surface area contributed by atoms with Crippen LogP contribution < -0.4 is 11.1 Å². The Bertz CT molecular complexity index is 519. The molecule has 3 N–H and O–H groups in total. The molecule has 1 fully saturated rings. The van der Waals surface area contributed by atoms with E-state index in [2.05, 4.69) is 24.1 Å². The van der Waals surface area contributed by atoms with E-state index < -0.39 is 0 Å². The highest BCUT2D eigenvalue weighted by molar-refractivity contribution is 6.33. The smallest absolute Gasteiger partial charge is 0.253 e. The van der Waals surface area contributed by atoms with Crippen molar-refractivity contribution in [3.63, 3.8) is 0 Å². The Labute approximate surface area is 123 Å². The molecule has 2 rings (SSSR count). The zero-order valence-electron chi connectivity index (χ0n) is 11.9. The van der Waals surface area contributed by atoms with Crippen LogP contribution >= 0.6 is 11.6 Å². The molecule has 1 heterocycles. The molecule has 0 bridgehead atoms. The third kappa shape index (κ3) is 2.74. The molecule has 1 aromatic heterocycles. The van der Waals surface area contributed by atoms with Gasteiger partial charge in [0.05, 0.1) is 16.7 Å². The van der Waals surface area contributed by atoms with Crippen LogP contribution in [0, 0.1) is 5.41 Å². The number of amides is 1. The van der Waals surface area contributed by atoms with Crippen LogP contribution in [0.4, 0.5) is 5.82 Å². The molecule has 2 unspecified atom stereocenters. The van der Waals surface area contributed by atoms with Crippen molar-refractivity contribution in [2.24, 2.45) is 5.41 Å². The number of aromatic nitrogens is 1. The van der Waals surface area contributed by atoms with Crippen molar-refractivity contribution >= 4 is 23.3 Å². The number of nitrogens with one attached hydrogen (secondary N) is 1. The molecule has 1 aliphatic carbocycles. The van der Waals surface area contributed by atoms with Crippen LogP contribution in [0.1, 0.15) is 37.6 Å². The summed E-state index contributed by atoms with van der Waals surface area (Å²) in [7, 11) is 0. The minimum Gasteiger partial charge on any atom is -0.384 e. The molecule has 0 saturated heterocycles. The lowest BCUT2D eigenvalue weighted by Gasteiger charge is -2.51. The molecule has 0 radical (unpaired) electrons. The minimum absolute atomic E-state index is 0.0667. The third-order valence-electron chi connectivity index (χ3n) is 3.97. The van der Waals surface area contributed by atoms with Gasteiger partial charge in [0.2, 0.25) is 0 Å². The van der Waals surface area contributed by atoms with Crippen LogP contribution in [0.3, 0.4) is 0 Å². The van der Waals surface area contributed by atoms with Gasteiger partial charge in [-0.2, -0.15) is 0 Å². The first-order valence-electron chi connectivity index (χ1n) is 6.69. The zero-order chi connectivity index (χ0) is 14.9. The Kier molecular flexibility index (Phi) is 4.20. The fourth-order valence-electron chi connectivity index (χ4n) is 2.48. The second-order valence-electron chi connectivity index (χ2n) is 5.62. The zero-order valence-corrected chi connectivity index (χ0v) is 12.7. The van der Waals surface area contributed by atoms with Crippen molar-refractivity contribution in [3.8, 4) is 0 Å². The molecule has 110 valence electrons. The monoisotopic (exact) mass is 297 g/mol. The van der Waals surface area contributed by atoms with E-state index in [9.17, 15) is 4.79 Å². The van der Waals surface area contributed by atoms with Gasteiger partial charge in [0.25, 0.3) is 5.91 Å². The summed E-state index contributed by atoms with van der Waals surface area (Å²) in [6, 6.07) is 1.56. The van der Waals surface area contributed by atoms with Gasteiger partial charge in [-0.1, -0.05) is 25.4 Å². The molecule has 5 nitrogen and oxygen atoms in total. The highest BCUT2D eigenvalue weighted by Gasteiger charge is 2.49. The predicted octanol–water partition coefficient (Wildman–Crippen LogP) is 2.25. The first-order valence-corrected chi connectivity index (χ1v) is 7.07. The summed E-state index contributed by atoms with van der Waals surface area (Å²) in [5.41, 5.74) is 5.86. The number of carbonyl (C=O) groups is 1. The lowest BCUT2D eigenvalue weighted by atomic mass is 9.64. The van der Waals surface area contributed by atoms with Crippen LogP contribution in [0.25, 0.3) is 0 Å². The van der Waals surface area contributed by atoms with Crippen molar-refractivity contribution in [3.05, 3.63) is 22.8 Å². The highest BCUT2D eigenvalue weighted by atomic mass is 35.5. The maximum Gasteiger partial charge on any atom is 0.253 e. The summed E-state index contributed by atoms with van der Waals surface area (Å²) in [4.78, 5) is 16.1. The molecule has 0 aromatic carbocycles. The van der Waals surface area contributed by atoms with Gasteiger partial charge in [0.15, 0.2) is 0 Å². The van der Waals surface area contributed by atoms with Gasteiger partial charge in [-0.15, -0.1) is 0 Å². The average molecular weight is 298 g/mol. The number of nitrogens with zero attached hydrogens (tertiary/aromatic N) is 1.